The maximum atomic E-state index is 11.6. The van der Waals surface area contributed by atoms with Crippen LogP contribution in [0.5, 0.6) is 0 Å². The minimum atomic E-state index is 0.152. The molecule has 2 saturated carbocycles. The number of thiazole rings is 1. The first-order chi connectivity index (χ1) is 7.24. The van der Waals surface area contributed by atoms with Crippen molar-refractivity contribution < 1.29 is 4.79 Å². The molecule has 1 N–H and O–H groups in total. The Hall–Kier alpha value is -0.900. The summed E-state index contributed by atoms with van der Waals surface area (Å²) >= 11 is 1.55. The van der Waals surface area contributed by atoms with Gasteiger partial charge in [-0.05, 0) is 25.2 Å². The van der Waals surface area contributed by atoms with Gasteiger partial charge in [0.05, 0.1) is 5.69 Å². The third-order valence-corrected chi connectivity index (χ3v) is 3.97. The predicted molar refractivity (Wildman–Crippen MR) is 60.0 cm³/mol. The Morgan fingerprint density at radius 2 is 2.33 bits per heavy atom. The number of rotatable bonds is 3. The van der Waals surface area contributed by atoms with Gasteiger partial charge in [-0.3, -0.25) is 4.79 Å². The molecule has 1 aromatic rings. The van der Waals surface area contributed by atoms with Gasteiger partial charge in [0.1, 0.15) is 0 Å². The standard InChI is InChI=1S/C11H14N2OS/c1-6-4-8(6)10(14)13-11-12-9(5-15-11)7-2-3-7/h5-8H,2-4H2,1H3,(H,12,13,14)/t6-,8+/m1/s1. The number of aromatic nitrogens is 1. The highest BCUT2D eigenvalue weighted by Crippen LogP contribution is 2.42. The lowest BCUT2D eigenvalue weighted by atomic mass is 10.3. The van der Waals surface area contributed by atoms with E-state index >= 15 is 0 Å². The van der Waals surface area contributed by atoms with Gasteiger partial charge in [-0.2, -0.15) is 0 Å². The van der Waals surface area contributed by atoms with E-state index in [2.05, 4.69) is 22.6 Å². The van der Waals surface area contributed by atoms with E-state index < -0.39 is 0 Å². The smallest absolute Gasteiger partial charge is 0.229 e. The molecule has 2 aliphatic rings. The van der Waals surface area contributed by atoms with Crippen LogP contribution >= 0.6 is 11.3 Å². The normalized spacial score (nSPS) is 28.9. The summed E-state index contributed by atoms with van der Waals surface area (Å²) in [5.74, 6) is 1.62. The molecule has 0 spiro atoms. The van der Waals surface area contributed by atoms with Crippen molar-refractivity contribution >= 4 is 22.4 Å². The molecule has 3 nitrogen and oxygen atoms in total. The molecule has 0 bridgehead atoms. The van der Waals surface area contributed by atoms with Gasteiger partial charge < -0.3 is 5.32 Å². The minimum absolute atomic E-state index is 0.152. The first-order valence-corrected chi connectivity index (χ1v) is 6.38. The zero-order valence-corrected chi connectivity index (χ0v) is 9.51. The van der Waals surface area contributed by atoms with Crippen molar-refractivity contribution in [2.24, 2.45) is 11.8 Å². The van der Waals surface area contributed by atoms with Gasteiger partial charge in [-0.1, -0.05) is 6.92 Å². The van der Waals surface area contributed by atoms with Gasteiger partial charge in [0, 0.05) is 17.2 Å². The van der Waals surface area contributed by atoms with Gasteiger partial charge in [0.2, 0.25) is 5.91 Å². The fourth-order valence-corrected chi connectivity index (χ4v) is 2.59. The Morgan fingerprint density at radius 1 is 1.60 bits per heavy atom. The van der Waals surface area contributed by atoms with Gasteiger partial charge in [0.15, 0.2) is 5.13 Å². The van der Waals surface area contributed by atoms with Crippen molar-refractivity contribution in [2.75, 3.05) is 5.32 Å². The lowest BCUT2D eigenvalue weighted by molar-refractivity contribution is -0.117. The molecule has 0 radical (unpaired) electrons. The Kier molecular flexibility index (Phi) is 2.06. The van der Waals surface area contributed by atoms with E-state index in [9.17, 15) is 4.79 Å². The number of carbonyl (C=O) groups is 1. The highest BCUT2D eigenvalue weighted by molar-refractivity contribution is 7.13. The molecule has 4 heteroatoms. The molecule has 2 aliphatic carbocycles. The summed E-state index contributed by atoms with van der Waals surface area (Å²) in [6.45, 7) is 2.11. The van der Waals surface area contributed by atoms with Crippen LogP contribution in [0.3, 0.4) is 0 Å². The van der Waals surface area contributed by atoms with E-state index in [-0.39, 0.29) is 11.8 Å². The summed E-state index contributed by atoms with van der Waals surface area (Å²) < 4.78 is 0. The predicted octanol–water partition coefficient (Wildman–Crippen LogP) is 2.62. The van der Waals surface area contributed by atoms with Crippen LogP contribution in [0.25, 0.3) is 0 Å². The number of anilines is 1. The van der Waals surface area contributed by atoms with Gasteiger partial charge in [-0.25, -0.2) is 4.98 Å². The fraction of sp³-hybridized carbons (Fsp3) is 0.636. The Balaban J connectivity index is 1.63. The molecule has 0 aromatic carbocycles. The van der Waals surface area contributed by atoms with Gasteiger partial charge in [-0.15, -0.1) is 11.3 Å². The lowest BCUT2D eigenvalue weighted by Crippen LogP contribution is -2.14. The Bertz CT molecular complexity index is 397. The molecule has 2 atom stereocenters. The monoisotopic (exact) mass is 222 g/mol. The lowest BCUT2D eigenvalue weighted by Gasteiger charge is -1.98. The second kappa shape index (κ2) is 3.30. The summed E-state index contributed by atoms with van der Waals surface area (Å²) in [5.41, 5.74) is 1.17. The first kappa shape index (κ1) is 9.33. The fourth-order valence-electron chi connectivity index (χ4n) is 1.80. The molecule has 80 valence electrons. The third kappa shape index (κ3) is 1.91. The number of hydrogen-bond donors (Lipinski definition) is 1. The van der Waals surface area contributed by atoms with Crippen molar-refractivity contribution in [1.29, 1.82) is 0 Å². The molecule has 15 heavy (non-hydrogen) atoms. The van der Waals surface area contributed by atoms with Crippen molar-refractivity contribution in [1.82, 2.24) is 4.98 Å². The largest absolute Gasteiger partial charge is 0.302 e. The number of hydrogen-bond acceptors (Lipinski definition) is 3. The Morgan fingerprint density at radius 3 is 2.93 bits per heavy atom. The summed E-state index contributed by atoms with van der Waals surface area (Å²) in [4.78, 5) is 16.1. The quantitative estimate of drug-likeness (QED) is 0.854. The minimum Gasteiger partial charge on any atom is -0.302 e. The van der Waals surface area contributed by atoms with E-state index in [0.29, 0.717) is 11.8 Å². The molecular formula is C11H14N2OS. The van der Waals surface area contributed by atoms with Gasteiger partial charge >= 0.3 is 0 Å². The maximum absolute atomic E-state index is 11.6. The van der Waals surface area contributed by atoms with Crippen LogP contribution in [0.2, 0.25) is 0 Å². The van der Waals surface area contributed by atoms with Crippen LogP contribution in [0.15, 0.2) is 5.38 Å². The van der Waals surface area contributed by atoms with Gasteiger partial charge in [0.25, 0.3) is 0 Å². The molecule has 1 amide bonds. The number of nitrogens with one attached hydrogen (secondary N) is 1. The summed E-state index contributed by atoms with van der Waals surface area (Å²) in [5, 5.41) is 5.76. The van der Waals surface area contributed by atoms with Crippen molar-refractivity contribution in [3.8, 4) is 0 Å². The van der Waals surface area contributed by atoms with E-state index in [1.807, 2.05) is 0 Å². The molecule has 3 rings (SSSR count). The van der Waals surface area contributed by atoms with Crippen molar-refractivity contribution in [3.63, 3.8) is 0 Å². The average molecular weight is 222 g/mol. The van der Waals surface area contributed by atoms with Crippen LogP contribution in [0.4, 0.5) is 5.13 Å². The maximum Gasteiger partial charge on any atom is 0.229 e. The second-order valence-electron chi connectivity index (χ2n) is 4.66. The number of amides is 1. The number of nitrogens with zero attached hydrogens (tertiary/aromatic N) is 1. The summed E-state index contributed by atoms with van der Waals surface area (Å²) in [6.07, 6.45) is 3.56. The van der Waals surface area contributed by atoms with E-state index in [1.54, 1.807) is 11.3 Å². The van der Waals surface area contributed by atoms with E-state index in [0.717, 1.165) is 11.6 Å². The molecule has 1 heterocycles. The third-order valence-electron chi connectivity index (χ3n) is 3.19. The first-order valence-electron chi connectivity index (χ1n) is 5.50. The highest BCUT2D eigenvalue weighted by Gasteiger charge is 2.39. The highest BCUT2D eigenvalue weighted by atomic mass is 32.1. The molecule has 2 fully saturated rings. The molecule has 0 aliphatic heterocycles. The summed E-state index contributed by atoms with van der Waals surface area (Å²) in [7, 11) is 0. The summed E-state index contributed by atoms with van der Waals surface area (Å²) in [6, 6.07) is 0. The Labute approximate surface area is 92.9 Å². The van der Waals surface area contributed by atoms with Crippen molar-refractivity contribution in [2.45, 2.75) is 32.1 Å². The zero-order chi connectivity index (χ0) is 10.4. The molecule has 1 aromatic heterocycles. The topological polar surface area (TPSA) is 42.0 Å². The van der Waals surface area contributed by atoms with Crippen LogP contribution in [-0.2, 0) is 4.79 Å². The zero-order valence-electron chi connectivity index (χ0n) is 8.69. The van der Waals surface area contributed by atoms with Crippen molar-refractivity contribution in [3.05, 3.63) is 11.1 Å². The molecule has 0 saturated heterocycles. The van der Waals surface area contributed by atoms with Crippen LogP contribution < -0.4 is 5.32 Å². The molecular weight excluding hydrogens is 208 g/mol. The van der Waals surface area contributed by atoms with Crippen LogP contribution in [0.1, 0.15) is 37.8 Å². The average Bonchev–Trinajstić information content (AvgIpc) is 3.10. The molecule has 0 unspecified atom stereocenters. The van der Waals surface area contributed by atoms with E-state index in [1.165, 1.54) is 18.5 Å². The van der Waals surface area contributed by atoms with Crippen LogP contribution in [0, 0.1) is 11.8 Å². The van der Waals surface area contributed by atoms with E-state index in [4.69, 9.17) is 0 Å². The SMILES string of the molecule is C[C@@H]1C[C@@H]1C(=O)Nc1nc(C2CC2)cs1. The number of carbonyl (C=O) groups excluding carboxylic acids is 1. The van der Waals surface area contributed by atoms with Crippen LogP contribution in [-0.4, -0.2) is 10.9 Å². The second-order valence-corrected chi connectivity index (χ2v) is 5.52.